The highest BCUT2D eigenvalue weighted by molar-refractivity contribution is 5.59. The topological polar surface area (TPSA) is 111 Å². The fourth-order valence-corrected chi connectivity index (χ4v) is 2.63. The molecule has 1 fully saturated rings. The van der Waals surface area contributed by atoms with Crippen LogP contribution in [0.15, 0.2) is 23.4 Å². The van der Waals surface area contributed by atoms with Gasteiger partial charge >= 0.3 is 0 Å². The second-order valence-corrected chi connectivity index (χ2v) is 5.38. The molecule has 0 aromatic heterocycles. The fourth-order valence-electron chi connectivity index (χ4n) is 2.63. The average Bonchev–Trinajstić information content (AvgIpc) is 2.74. The first-order valence-electron chi connectivity index (χ1n) is 7.03. The zero-order valence-corrected chi connectivity index (χ0v) is 12.1. The summed E-state index contributed by atoms with van der Waals surface area (Å²) in [7, 11) is 0. The van der Waals surface area contributed by atoms with Gasteiger partial charge < -0.3 is 26.2 Å². The average molecular weight is 294 g/mol. The summed E-state index contributed by atoms with van der Waals surface area (Å²) in [6.45, 7) is 3.40. The SMILES string of the molecule is Cc1cc(N2CC(O)C(O)C2CNCCN=O)ccc1N. The lowest BCUT2D eigenvalue weighted by Crippen LogP contribution is -2.44. The molecular weight excluding hydrogens is 272 g/mol. The zero-order valence-electron chi connectivity index (χ0n) is 12.1. The van der Waals surface area contributed by atoms with Crippen molar-refractivity contribution in [2.75, 3.05) is 36.8 Å². The molecule has 7 heteroatoms. The van der Waals surface area contributed by atoms with E-state index in [1.807, 2.05) is 30.0 Å². The Labute approximate surface area is 123 Å². The van der Waals surface area contributed by atoms with E-state index in [0.717, 1.165) is 11.3 Å². The number of rotatable bonds is 6. The third kappa shape index (κ3) is 3.49. The molecule has 5 N–H and O–H groups in total. The first kappa shape index (κ1) is 15.7. The van der Waals surface area contributed by atoms with Gasteiger partial charge in [0.2, 0.25) is 0 Å². The van der Waals surface area contributed by atoms with Crippen LogP contribution in [0.2, 0.25) is 0 Å². The van der Waals surface area contributed by atoms with E-state index < -0.39 is 12.2 Å². The molecule has 3 unspecified atom stereocenters. The van der Waals surface area contributed by atoms with Gasteiger partial charge in [-0.05, 0) is 30.7 Å². The van der Waals surface area contributed by atoms with Crippen LogP contribution in [-0.2, 0) is 0 Å². The Balaban J connectivity index is 2.11. The Kier molecular flexibility index (Phi) is 5.11. The number of aryl methyl sites for hydroxylation is 1. The summed E-state index contributed by atoms with van der Waals surface area (Å²) >= 11 is 0. The number of benzene rings is 1. The van der Waals surface area contributed by atoms with E-state index in [9.17, 15) is 15.1 Å². The predicted molar refractivity (Wildman–Crippen MR) is 82.3 cm³/mol. The van der Waals surface area contributed by atoms with Crippen molar-refractivity contribution >= 4 is 11.4 Å². The van der Waals surface area contributed by atoms with Crippen molar-refractivity contribution in [1.29, 1.82) is 0 Å². The van der Waals surface area contributed by atoms with Gasteiger partial charge in [0, 0.05) is 31.0 Å². The summed E-state index contributed by atoms with van der Waals surface area (Å²) in [5, 5.41) is 25.9. The van der Waals surface area contributed by atoms with Crippen LogP contribution in [0, 0.1) is 11.8 Å². The number of β-amino-alcohol motifs (C(OH)–C–C–N with tert-alkyl or cyclic N) is 1. The number of hydrogen-bond donors (Lipinski definition) is 4. The van der Waals surface area contributed by atoms with Gasteiger partial charge in [-0.2, -0.15) is 4.91 Å². The van der Waals surface area contributed by atoms with Crippen LogP contribution in [0.25, 0.3) is 0 Å². The van der Waals surface area contributed by atoms with E-state index in [4.69, 9.17) is 5.73 Å². The summed E-state index contributed by atoms with van der Waals surface area (Å²) in [6, 6.07) is 5.39. The van der Waals surface area contributed by atoms with Crippen molar-refractivity contribution in [2.24, 2.45) is 5.18 Å². The molecule has 3 atom stereocenters. The Morgan fingerprint density at radius 2 is 2.24 bits per heavy atom. The molecule has 2 rings (SSSR count). The van der Waals surface area contributed by atoms with Crippen LogP contribution in [0.1, 0.15) is 5.56 Å². The van der Waals surface area contributed by atoms with Crippen LogP contribution in [0.4, 0.5) is 11.4 Å². The van der Waals surface area contributed by atoms with E-state index in [0.29, 0.717) is 25.3 Å². The monoisotopic (exact) mass is 294 g/mol. The third-order valence-electron chi connectivity index (χ3n) is 3.89. The van der Waals surface area contributed by atoms with E-state index in [1.54, 1.807) is 0 Å². The minimum atomic E-state index is -0.834. The summed E-state index contributed by atoms with van der Waals surface area (Å²) in [5.41, 5.74) is 8.41. The first-order valence-corrected chi connectivity index (χ1v) is 7.03. The quantitative estimate of drug-likeness (QED) is 0.330. The van der Waals surface area contributed by atoms with Crippen molar-refractivity contribution < 1.29 is 10.2 Å². The number of anilines is 2. The molecular formula is C14H22N4O3. The third-order valence-corrected chi connectivity index (χ3v) is 3.89. The second-order valence-electron chi connectivity index (χ2n) is 5.38. The number of nitrogens with zero attached hydrogens (tertiary/aromatic N) is 2. The summed E-state index contributed by atoms with van der Waals surface area (Å²) < 4.78 is 0. The molecule has 1 aliphatic heterocycles. The van der Waals surface area contributed by atoms with E-state index in [2.05, 4.69) is 10.5 Å². The number of nitrogen functional groups attached to an aromatic ring is 1. The van der Waals surface area contributed by atoms with Gasteiger partial charge in [0.25, 0.3) is 0 Å². The number of aliphatic hydroxyl groups is 2. The Hall–Kier alpha value is -1.70. The molecule has 7 nitrogen and oxygen atoms in total. The first-order chi connectivity index (χ1) is 10.0. The van der Waals surface area contributed by atoms with Gasteiger partial charge in [-0.15, -0.1) is 0 Å². The maximum atomic E-state index is 10.1. The van der Waals surface area contributed by atoms with Crippen LogP contribution in [0.5, 0.6) is 0 Å². The molecule has 1 aliphatic rings. The number of hydrogen-bond acceptors (Lipinski definition) is 7. The molecule has 21 heavy (non-hydrogen) atoms. The highest BCUT2D eigenvalue weighted by atomic mass is 16.3. The normalized spacial score (nSPS) is 25.3. The molecule has 1 saturated heterocycles. The fraction of sp³-hybridized carbons (Fsp3) is 0.571. The largest absolute Gasteiger partial charge is 0.399 e. The molecule has 116 valence electrons. The van der Waals surface area contributed by atoms with Crippen molar-refractivity contribution in [3.8, 4) is 0 Å². The van der Waals surface area contributed by atoms with Crippen LogP contribution < -0.4 is 16.0 Å². The van der Waals surface area contributed by atoms with Gasteiger partial charge in [0.05, 0.1) is 18.7 Å². The van der Waals surface area contributed by atoms with E-state index in [1.165, 1.54) is 0 Å². The Morgan fingerprint density at radius 3 is 2.90 bits per heavy atom. The molecule has 0 radical (unpaired) electrons. The van der Waals surface area contributed by atoms with E-state index >= 15 is 0 Å². The van der Waals surface area contributed by atoms with Crippen molar-refractivity contribution in [3.63, 3.8) is 0 Å². The molecule has 0 saturated carbocycles. The smallest absolute Gasteiger partial charge is 0.103 e. The lowest BCUT2D eigenvalue weighted by molar-refractivity contribution is 0.0411. The molecule has 0 spiro atoms. The van der Waals surface area contributed by atoms with Gasteiger partial charge in [-0.25, -0.2) is 0 Å². The van der Waals surface area contributed by atoms with Gasteiger partial charge in [0.15, 0.2) is 0 Å². The van der Waals surface area contributed by atoms with Crippen LogP contribution in [-0.4, -0.2) is 54.6 Å². The van der Waals surface area contributed by atoms with Gasteiger partial charge in [-0.3, -0.25) is 0 Å². The summed E-state index contributed by atoms with van der Waals surface area (Å²) in [6.07, 6.45) is -1.63. The standard InChI is InChI=1S/C14H22N4O3/c1-9-6-10(2-3-11(9)15)18-8-13(19)14(20)12(18)7-16-4-5-17-21/h2-3,6,12-14,16,19-20H,4-5,7-8,15H2,1H3. The summed E-state index contributed by atoms with van der Waals surface area (Å²) in [4.78, 5) is 12.0. The minimum Gasteiger partial charge on any atom is -0.399 e. The number of nitrogens with two attached hydrogens (primary N) is 1. The maximum Gasteiger partial charge on any atom is 0.103 e. The zero-order chi connectivity index (χ0) is 15.4. The number of aliphatic hydroxyl groups excluding tert-OH is 2. The molecule has 0 bridgehead atoms. The Morgan fingerprint density at radius 1 is 1.48 bits per heavy atom. The van der Waals surface area contributed by atoms with Gasteiger partial charge in [-0.1, -0.05) is 5.18 Å². The van der Waals surface area contributed by atoms with E-state index in [-0.39, 0.29) is 12.6 Å². The molecule has 1 aromatic rings. The molecule has 1 aromatic carbocycles. The lowest BCUT2D eigenvalue weighted by atomic mass is 10.1. The number of nitroso groups, excluding NO2 is 1. The highest BCUT2D eigenvalue weighted by Crippen LogP contribution is 2.28. The van der Waals surface area contributed by atoms with Crippen LogP contribution >= 0.6 is 0 Å². The predicted octanol–water partition coefficient (Wildman–Crippen LogP) is -0.156. The van der Waals surface area contributed by atoms with Gasteiger partial charge in [0.1, 0.15) is 6.10 Å². The van der Waals surface area contributed by atoms with Crippen LogP contribution in [0.3, 0.4) is 0 Å². The van der Waals surface area contributed by atoms with Crippen molar-refractivity contribution in [1.82, 2.24) is 5.32 Å². The molecule has 0 amide bonds. The minimum absolute atomic E-state index is 0.187. The van der Waals surface area contributed by atoms with Crippen molar-refractivity contribution in [2.45, 2.75) is 25.2 Å². The molecule has 1 heterocycles. The second kappa shape index (κ2) is 6.84. The molecule has 0 aliphatic carbocycles. The van der Waals surface area contributed by atoms with Crippen molar-refractivity contribution in [3.05, 3.63) is 28.7 Å². The lowest BCUT2D eigenvalue weighted by Gasteiger charge is -2.28. The highest BCUT2D eigenvalue weighted by Gasteiger charge is 2.39. The number of nitrogens with one attached hydrogen (secondary N) is 1. The summed E-state index contributed by atoms with van der Waals surface area (Å²) in [5.74, 6) is 0. The Bertz CT molecular complexity index is 497. The maximum absolute atomic E-state index is 10.1.